The summed E-state index contributed by atoms with van der Waals surface area (Å²) in [5, 5.41) is 2.46. The number of esters is 2. The van der Waals surface area contributed by atoms with E-state index in [0.29, 0.717) is 25.2 Å². The van der Waals surface area contributed by atoms with Crippen LogP contribution in [0.3, 0.4) is 0 Å². The largest absolute Gasteiger partial charge is 0.489 e. The van der Waals surface area contributed by atoms with Crippen LogP contribution in [-0.2, 0) is 36.8 Å². The molecule has 0 saturated heterocycles. The van der Waals surface area contributed by atoms with E-state index in [0.717, 1.165) is 11.1 Å². The van der Waals surface area contributed by atoms with Gasteiger partial charge in [0, 0.05) is 0 Å². The number of aryl methyl sites for hydroxylation is 1. The van der Waals surface area contributed by atoms with Gasteiger partial charge in [0.15, 0.2) is 0 Å². The lowest BCUT2D eigenvalue weighted by atomic mass is 9.91. The molecule has 0 spiro atoms. The molecule has 0 bridgehead atoms. The van der Waals surface area contributed by atoms with E-state index in [-0.39, 0.29) is 19.6 Å². The van der Waals surface area contributed by atoms with Crippen molar-refractivity contribution >= 4 is 18.0 Å². The number of amides is 1. The highest BCUT2D eigenvalue weighted by molar-refractivity contribution is 6.07. The van der Waals surface area contributed by atoms with Crippen LogP contribution in [0.2, 0.25) is 0 Å². The number of carbonyl (C=O) groups excluding carboxylic acids is 3. The lowest BCUT2D eigenvalue weighted by Gasteiger charge is -2.31. The van der Waals surface area contributed by atoms with E-state index in [9.17, 15) is 14.4 Å². The van der Waals surface area contributed by atoms with Crippen LogP contribution in [0.25, 0.3) is 0 Å². The van der Waals surface area contributed by atoms with E-state index in [4.69, 9.17) is 18.9 Å². The van der Waals surface area contributed by atoms with Crippen LogP contribution < -0.4 is 10.1 Å². The molecule has 0 saturated carbocycles. The van der Waals surface area contributed by atoms with Gasteiger partial charge in [0.1, 0.15) is 18.0 Å². The van der Waals surface area contributed by atoms with Crippen molar-refractivity contribution in [2.75, 3.05) is 13.2 Å². The molecule has 0 unspecified atom stereocenters. The van der Waals surface area contributed by atoms with Gasteiger partial charge in [-0.25, -0.2) is 14.4 Å². The van der Waals surface area contributed by atoms with Gasteiger partial charge in [-0.1, -0.05) is 48.5 Å². The molecular weight excluding hydrogens is 462 g/mol. The van der Waals surface area contributed by atoms with Gasteiger partial charge in [-0.05, 0) is 71.1 Å². The Kier molecular flexibility index (Phi) is 10.8. The van der Waals surface area contributed by atoms with Gasteiger partial charge in [-0.3, -0.25) is 5.32 Å². The molecule has 0 heterocycles. The number of carbonyl (C=O) groups is 3. The minimum atomic E-state index is -2.03. The number of hydrogen-bond acceptors (Lipinski definition) is 7. The summed E-state index contributed by atoms with van der Waals surface area (Å²) >= 11 is 0. The second kappa shape index (κ2) is 13.5. The Hall–Kier alpha value is -3.55. The maximum absolute atomic E-state index is 13.0. The Morgan fingerprint density at radius 3 is 2.00 bits per heavy atom. The molecule has 0 atom stereocenters. The zero-order valence-electron chi connectivity index (χ0n) is 21.8. The monoisotopic (exact) mass is 499 g/mol. The van der Waals surface area contributed by atoms with Crippen LogP contribution in [0.5, 0.6) is 5.75 Å². The third-order valence-corrected chi connectivity index (χ3v) is 5.17. The highest BCUT2D eigenvalue weighted by atomic mass is 16.6. The van der Waals surface area contributed by atoms with Crippen molar-refractivity contribution in [3.63, 3.8) is 0 Å². The maximum Gasteiger partial charge on any atom is 0.409 e. The smallest absolute Gasteiger partial charge is 0.409 e. The van der Waals surface area contributed by atoms with Gasteiger partial charge in [-0.15, -0.1) is 0 Å². The molecule has 0 aromatic heterocycles. The van der Waals surface area contributed by atoms with Crippen molar-refractivity contribution in [3.05, 3.63) is 65.7 Å². The summed E-state index contributed by atoms with van der Waals surface area (Å²) in [4.78, 5) is 38.7. The first-order valence-corrected chi connectivity index (χ1v) is 12.2. The summed E-state index contributed by atoms with van der Waals surface area (Å²) in [7, 11) is 0. The summed E-state index contributed by atoms with van der Waals surface area (Å²) < 4.78 is 21.7. The van der Waals surface area contributed by atoms with Crippen molar-refractivity contribution in [1.29, 1.82) is 0 Å². The molecule has 2 rings (SSSR count). The van der Waals surface area contributed by atoms with E-state index in [2.05, 4.69) is 5.32 Å². The minimum absolute atomic E-state index is 0.0339. The lowest BCUT2D eigenvalue weighted by molar-refractivity contribution is -0.166. The van der Waals surface area contributed by atoms with Gasteiger partial charge < -0.3 is 18.9 Å². The fourth-order valence-electron chi connectivity index (χ4n) is 3.57. The minimum Gasteiger partial charge on any atom is -0.489 e. The molecule has 2 aromatic rings. The second-order valence-corrected chi connectivity index (χ2v) is 9.21. The molecule has 8 heteroatoms. The number of rotatable bonds is 12. The van der Waals surface area contributed by atoms with Gasteiger partial charge in [-0.2, -0.15) is 0 Å². The van der Waals surface area contributed by atoms with Crippen molar-refractivity contribution in [2.45, 2.75) is 71.6 Å². The van der Waals surface area contributed by atoms with E-state index in [1.165, 1.54) is 0 Å². The highest BCUT2D eigenvalue weighted by Gasteiger charge is 2.50. The number of benzene rings is 2. The fourth-order valence-corrected chi connectivity index (χ4v) is 3.57. The molecular formula is C28H37NO7. The summed E-state index contributed by atoms with van der Waals surface area (Å²) in [5.41, 5.74) is -0.910. The first-order valence-electron chi connectivity index (χ1n) is 12.2. The Labute approximate surface area is 213 Å². The number of ether oxygens (including phenoxy) is 4. The van der Waals surface area contributed by atoms with Gasteiger partial charge in [0.05, 0.1) is 13.2 Å². The predicted octanol–water partition coefficient (Wildman–Crippen LogP) is 4.98. The third-order valence-electron chi connectivity index (χ3n) is 5.17. The summed E-state index contributed by atoms with van der Waals surface area (Å²) in [6, 6.07) is 17.4. The summed E-state index contributed by atoms with van der Waals surface area (Å²) in [6.45, 7) is 8.80. The SMILES string of the molecule is CCOC(=O)C(CCCc1ccccc1OCc1ccccc1)(NC(=O)OC(C)(C)C)C(=O)OCC. The molecule has 0 aliphatic carbocycles. The van der Waals surface area contributed by atoms with Crippen molar-refractivity contribution < 1.29 is 33.3 Å². The van der Waals surface area contributed by atoms with Crippen molar-refractivity contribution in [3.8, 4) is 5.75 Å². The van der Waals surface area contributed by atoms with E-state index < -0.39 is 29.2 Å². The Bertz CT molecular complexity index is 980. The number of hydrogen-bond donors (Lipinski definition) is 1. The van der Waals surface area contributed by atoms with Gasteiger partial charge >= 0.3 is 18.0 Å². The Balaban J connectivity index is 2.22. The topological polar surface area (TPSA) is 100 Å². The molecule has 8 nitrogen and oxygen atoms in total. The average Bonchev–Trinajstić information content (AvgIpc) is 2.82. The normalized spacial score (nSPS) is 11.4. The quantitative estimate of drug-likeness (QED) is 0.250. The number of nitrogens with one attached hydrogen (secondary N) is 1. The van der Waals surface area contributed by atoms with Crippen LogP contribution in [0, 0.1) is 0 Å². The number of para-hydroxylation sites is 1. The van der Waals surface area contributed by atoms with Gasteiger partial charge in [0.2, 0.25) is 5.54 Å². The van der Waals surface area contributed by atoms with Crippen LogP contribution >= 0.6 is 0 Å². The molecule has 1 N–H and O–H groups in total. The highest BCUT2D eigenvalue weighted by Crippen LogP contribution is 2.25. The summed E-state index contributed by atoms with van der Waals surface area (Å²) in [5.74, 6) is -1.06. The van der Waals surface area contributed by atoms with Crippen LogP contribution in [0.1, 0.15) is 58.6 Å². The van der Waals surface area contributed by atoms with Gasteiger partial charge in [0.25, 0.3) is 0 Å². The summed E-state index contributed by atoms with van der Waals surface area (Å²) in [6.07, 6.45) is -0.104. The van der Waals surface area contributed by atoms with Crippen LogP contribution in [0.4, 0.5) is 4.79 Å². The third kappa shape index (κ3) is 8.59. The van der Waals surface area contributed by atoms with E-state index in [1.807, 2.05) is 54.6 Å². The zero-order chi connectivity index (χ0) is 26.6. The molecule has 2 aromatic carbocycles. The zero-order valence-corrected chi connectivity index (χ0v) is 21.8. The van der Waals surface area contributed by atoms with Crippen LogP contribution in [0.15, 0.2) is 54.6 Å². The van der Waals surface area contributed by atoms with E-state index in [1.54, 1.807) is 34.6 Å². The standard InChI is InChI=1S/C28H37NO7/c1-6-33-24(30)28(25(31)34-7-2,29-26(32)36-27(3,4)5)19-13-17-22-16-11-12-18-23(22)35-20-21-14-9-8-10-15-21/h8-12,14-16,18H,6-7,13,17,19-20H2,1-5H3,(H,29,32). The molecule has 36 heavy (non-hydrogen) atoms. The van der Waals surface area contributed by atoms with Crippen molar-refractivity contribution in [2.24, 2.45) is 0 Å². The Morgan fingerprint density at radius 2 is 1.42 bits per heavy atom. The number of alkyl carbamates (subject to hydrolysis) is 1. The molecule has 0 aliphatic heterocycles. The maximum atomic E-state index is 13.0. The molecule has 0 fully saturated rings. The lowest BCUT2D eigenvalue weighted by Crippen LogP contribution is -2.62. The molecule has 196 valence electrons. The first kappa shape index (κ1) is 28.7. The predicted molar refractivity (Wildman–Crippen MR) is 136 cm³/mol. The van der Waals surface area contributed by atoms with Crippen molar-refractivity contribution in [1.82, 2.24) is 5.32 Å². The molecule has 0 radical (unpaired) electrons. The average molecular weight is 500 g/mol. The van der Waals surface area contributed by atoms with Crippen LogP contribution in [-0.4, -0.2) is 42.4 Å². The Morgan fingerprint density at radius 1 is 0.833 bits per heavy atom. The van der Waals surface area contributed by atoms with E-state index >= 15 is 0 Å². The molecule has 0 aliphatic rings. The first-order chi connectivity index (χ1) is 17.1. The second-order valence-electron chi connectivity index (χ2n) is 9.21. The fraction of sp³-hybridized carbons (Fsp3) is 0.464. The molecule has 1 amide bonds.